The maximum atomic E-state index is 12.4. The highest BCUT2D eigenvalue weighted by Gasteiger charge is 2.34. The van der Waals surface area contributed by atoms with Gasteiger partial charge in [-0.05, 0) is 70.8 Å². The molecule has 2 aliphatic rings. The SMILES string of the molecule is CC(C)(C)OC(=O)N1CCC(Cc2cnc3c(n2)c(C(O)C2CC2)cn3COCC[Si](C)(C)C)CC1. The topological polar surface area (TPSA) is 89.7 Å². The first-order valence-corrected chi connectivity index (χ1v) is 17.2. The zero-order valence-electron chi connectivity index (χ0n) is 22.9. The fourth-order valence-corrected chi connectivity index (χ4v) is 5.43. The van der Waals surface area contributed by atoms with E-state index in [4.69, 9.17) is 19.4 Å². The number of hydrogen-bond acceptors (Lipinski definition) is 6. The lowest BCUT2D eigenvalue weighted by Crippen LogP contribution is -2.42. The average molecular weight is 517 g/mol. The van der Waals surface area contributed by atoms with Crippen LogP contribution in [0.15, 0.2) is 12.4 Å². The van der Waals surface area contributed by atoms with Gasteiger partial charge in [0.25, 0.3) is 0 Å². The first kappa shape index (κ1) is 27.1. The Bertz CT molecular complexity index is 1050. The lowest BCUT2D eigenvalue weighted by Gasteiger charge is -2.33. The second-order valence-electron chi connectivity index (χ2n) is 12.8. The average Bonchev–Trinajstić information content (AvgIpc) is 3.57. The summed E-state index contributed by atoms with van der Waals surface area (Å²) in [5.74, 6) is 0.763. The van der Waals surface area contributed by atoms with Crippen molar-refractivity contribution in [1.82, 2.24) is 19.4 Å². The van der Waals surface area contributed by atoms with Gasteiger partial charge in [-0.2, -0.15) is 0 Å². The minimum Gasteiger partial charge on any atom is -0.444 e. The minimum atomic E-state index is -1.15. The number of carbonyl (C=O) groups is 1. The van der Waals surface area contributed by atoms with Crippen molar-refractivity contribution in [2.45, 2.75) is 97.0 Å². The van der Waals surface area contributed by atoms with Crippen molar-refractivity contribution in [3.8, 4) is 0 Å². The van der Waals surface area contributed by atoms with Crippen molar-refractivity contribution in [3.05, 3.63) is 23.7 Å². The lowest BCUT2D eigenvalue weighted by atomic mass is 9.92. The van der Waals surface area contributed by atoms with Crippen LogP contribution in [0.1, 0.15) is 63.8 Å². The standard InChI is InChI=1S/C27H44N4O4Si/c1-27(2,3)35-26(33)30-11-9-19(10-12-30)15-21-16-28-25-23(29-21)22(24(32)20-7-8-20)17-31(25)18-34-13-14-36(4,5)6/h16-17,19-20,24,32H,7-15,18H2,1-6H3. The minimum absolute atomic E-state index is 0.228. The zero-order valence-corrected chi connectivity index (χ0v) is 23.9. The van der Waals surface area contributed by atoms with Gasteiger partial charge < -0.3 is 24.0 Å². The highest BCUT2D eigenvalue weighted by atomic mass is 28.3. The number of amides is 1. The summed E-state index contributed by atoms with van der Waals surface area (Å²) in [6, 6.07) is 1.12. The van der Waals surface area contributed by atoms with Crippen LogP contribution < -0.4 is 0 Å². The van der Waals surface area contributed by atoms with Gasteiger partial charge >= 0.3 is 6.09 Å². The number of aliphatic hydroxyl groups is 1. The second-order valence-corrected chi connectivity index (χ2v) is 18.5. The van der Waals surface area contributed by atoms with E-state index in [1.54, 1.807) is 0 Å². The molecule has 2 aromatic rings. The molecule has 1 amide bonds. The van der Waals surface area contributed by atoms with E-state index in [2.05, 4.69) is 19.6 Å². The van der Waals surface area contributed by atoms with E-state index in [9.17, 15) is 9.90 Å². The van der Waals surface area contributed by atoms with Gasteiger partial charge in [0.15, 0.2) is 5.65 Å². The van der Waals surface area contributed by atoms with Gasteiger partial charge in [0.05, 0.1) is 18.0 Å². The summed E-state index contributed by atoms with van der Waals surface area (Å²) < 4.78 is 13.5. The van der Waals surface area contributed by atoms with Gasteiger partial charge in [-0.3, -0.25) is 0 Å². The molecule has 4 rings (SSSR count). The highest BCUT2D eigenvalue weighted by Crippen LogP contribution is 2.42. The molecule has 0 bridgehead atoms. The smallest absolute Gasteiger partial charge is 0.410 e. The maximum absolute atomic E-state index is 12.4. The Morgan fingerprint density at radius 2 is 1.89 bits per heavy atom. The molecule has 0 spiro atoms. The van der Waals surface area contributed by atoms with Crippen LogP contribution in [0.4, 0.5) is 4.79 Å². The third-order valence-corrected chi connectivity index (χ3v) is 8.73. The molecule has 9 heteroatoms. The van der Waals surface area contributed by atoms with Crippen molar-refractivity contribution in [2.75, 3.05) is 19.7 Å². The second kappa shape index (κ2) is 10.8. The summed E-state index contributed by atoms with van der Waals surface area (Å²) in [7, 11) is -1.15. The molecule has 1 saturated carbocycles. The number of carbonyl (C=O) groups excluding carboxylic acids is 1. The molecule has 0 aromatic carbocycles. The summed E-state index contributed by atoms with van der Waals surface area (Å²) >= 11 is 0. The van der Waals surface area contributed by atoms with Gasteiger partial charge in [0, 0.05) is 39.5 Å². The van der Waals surface area contributed by atoms with E-state index in [0.717, 1.165) is 67.2 Å². The molecule has 1 aliphatic carbocycles. The molecule has 200 valence electrons. The number of fused-ring (bicyclic) bond motifs is 1. The molecule has 8 nitrogen and oxygen atoms in total. The van der Waals surface area contributed by atoms with Gasteiger partial charge in [-0.1, -0.05) is 19.6 Å². The van der Waals surface area contributed by atoms with Crippen LogP contribution >= 0.6 is 0 Å². The quantitative estimate of drug-likeness (QED) is 0.356. The number of nitrogens with zero attached hydrogens (tertiary/aromatic N) is 4. The molecule has 1 aliphatic heterocycles. The number of aliphatic hydroxyl groups excluding tert-OH is 1. The third-order valence-electron chi connectivity index (χ3n) is 7.02. The molecule has 1 N–H and O–H groups in total. The number of piperidine rings is 1. The van der Waals surface area contributed by atoms with Gasteiger partial charge in [0.2, 0.25) is 0 Å². The van der Waals surface area contributed by atoms with E-state index < -0.39 is 19.8 Å². The molecular formula is C27H44N4O4Si. The molecular weight excluding hydrogens is 472 g/mol. The number of rotatable bonds is 9. The van der Waals surface area contributed by atoms with Gasteiger partial charge in [-0.25, -0.2) is 14.8 Å². The molecule has 2 aromatic heterocycles. The van der Waals surface area contributed by atoms with Crippen LogP contribution in [0.5, 0.6) is 0 Å². The summed E-state index contributed by atoms with van der Waals surface area (Å²) in [5.41, 5.74) is 2.92. The van der Waals surface area contributed by atoms with Crippen molar-refractivity contribution in [1.29, 1.82) is 0 Å². The van der Waals surface area contributed by atoms with Crippen molar-refractivity contribution in [3.63, 3.8) is 0 Å². The van der Waals surface area contributed by atoms with Crippen LogP contribution in [0, 0.1) is 11.8 Å². The number of aromatic nitrogens is 3. The number of likely N-dealkylation sites (tertiary alicyclic amines) is 1. The first-order valence-electron chi connectivity index (χ1n) is 13.5. The van der Waals surface area contributed by atoms with Crippen LogP contribution in [0.2, 0.25) is 25.7 Å². The largest absolute Gasteiger partial charge is 0.444 e. The van der Waals surface area contributed by atoms with Crippen LogP contribution in [0.25, 0.3) is 11.2 Å². The lowest BCUT2D eigenvalue weighted by molar-refractivity contribution is 0.0184. The normalized spacial score (nSPS) is 18.6. The molecule has 2 fully saturated rings. The van der Waals surface area contributed by atoms with E-state index in [-0.39, 0.29) is 6.09 Å². The Labute approximate surface area is 216 Å². The molecule has 1 unspecified atom stereocenters. The first-order chi connectivity index (χ1) is 16.9. The number of hydrogen-bond donors (Lipinski definition) is 1. The number of ether oxygens (including phenoxy) is 2. The van der Waals surface area contributed by atoms with Crippen LogP contribution in [-0.2, 0) is 22.6 Å². The molecule has 1 atom stereocenters. The summed E-state index contributed by atoms with van der Waals surface area (Å²) in [6.45, 7) is 15.3. The Morgan fingerprint density at radius 3 is 2.50 bits per heavy atom. The highest BCUT2D eigenvalue weighted by molar-refractivity contribution is 6.76. The van der Waals surface area contributed by atoms with Crippen LogP contribution in [0.3, 0.4) is 0 Å². The van der Waals surface area contributed by atoms with Crippen LogP contribution in [-0.4, -0.2) is 64.0 Å². The van der Waals surface area contributed by atoms with Crippen molar-refractivity contribution >= 4 is 25.3 Å². The van der Waals surface area contributed by atoms with E-state index >= 15 is 0 Å². The summed E-state index contributed by atoms with van der Waals surface area (Å²) in [5, 5.41) is 11.0. The molecule has 3 heterocycles. The Morgan fingerprint density at radius 1 is 1.19 bits per heavy atom. The monoisotopic (exact) mass is 516 g/mol. The van der Waals surface area contributed by atoms with Gasteiger partial charge in [0.1, 0.15) is 17.8 Å². The van der Waals surface area contributed by atoms with E-state index in [1.807, 2.05) is 42.6 Å². The predicted molar refractivity (Wildman–Crippen MR) is 144 cm³/mol. The zero-order chi connectivity index (χ0) is 26.1. The fourth-order valence-electron chi connectivity index (χ4n) is 4.68. The van der Waals surface area contributed by atoms with E-state index in [0.29, 0.717) is 31.7 Å². The summed E-state index contributed by atoms with van der Waals surface area (Å²) in [6.07, 6.45) is 7.91. The van der Waals surface area contributed by atoms with Crippen molar-refractivity contribution < 1.29 is 19.4 Å². The summed E-state index contributed by atoms with van der Waals surface area (Å²) in [4.78, 5) is 24.0. The molecule has 36 heavy (non-hydrogen) atoms. The van der Waals surface area contributed by atoms with Crippen molar-refractivity contribution in [2.24, 2.45) is 11.8 Å². The molecule has 1 saturated heterocycles. The Balaban J connectivity index is 1.42. The Hall–Kier alpha value is -1.97. The van der Waals surface area contributed by atoms with E-state index in [1.165, 1.54) is 0 Å². The predicted octanol–water partition coefficient (Wildman–Crippen LogP) is 5.38. The Kier molecular flexibility index (Phi) is 8.12. The van der Waals surface area contributed by atoms with Gasteiger partial charge in [-0.15, -0.1) is 0 Å². The fraction of sp³-hybridized carbons (Fsp3) is 0.741. The third kappa shape index (κ3) is 7.29. The maximum Gasteiger partial charge on any atom is 0.410 e. The molecule has 0 radical (unpaired) electrons.